The number of pyridine rings is 1. The summed E-state index contributed by atoms with van der Waals surface area (Å²) in [7, 11) is 0. The maximum Gasteiger partial charge on any atom is 0.435 e. The molecule has 0 saturated heterocycles. The molecular formula is C9H5F3N2O2. The molecule has 2 rings (SSSR count). The summed E-state index contributed by atoms with van der Waals surface area (Å²) < 4.78 is 37.9. The van der Waals surface area contributed by atoms with E-state index in [0.717, 1.165) is 16.6 Å². The molecule has 2 aromatic rings. The fourth-order valence-electron chi connectivity index (χ4n) is 1.27. The Morgan fingerprint density at radius 2 is 2.06 bits per heavy atom. The van der Waals surface area contributed by atoms with Crippen molar-refractivity contribution in [3.8, 4) is 0 Å². The number of carboxylic acids is 1. The average Bonchev–Trinajstić information content (AvgIpc) is 2.58. The molecule has 2 heterocycles. The molecule has 0 bridgehead atoms. The van der Waals surface area contributed by atoms with Gasteiger partial charge < -0.3 is 5.11 Å². The number of hydrogen-bond acceptors (Lipinski definition) is 2. The van der Waals surface area contributed by atoms with Crippen LogP contribution in [0.3, 0.4) is 0 Å². The van der Waals surface area contributed by atoms with Crippen LogP contribution in [0.25, 0.3) is 5.52 Å². The third-order valence-corrected chi connectivity index (χ3v) is 2.00. The molecule has 1 N–H and O–H groups in total. The van der Waals surface area contributed by atoms with Gasteiger partial charge in [0.1, 0.15) is 0 Å². The first-order chi connectivity index (χ1) is 7.38. The molecule has 0 aromatic carbocycles. The minimum absolute atomic E-state index is 0.0823. The van der Waals surface area contributed by atoms with Crippen molar-refractivity contribution in [2.75, 3.05) is 0 Å². The number of carbonyl (C=O) groups is 1. The van der Waals surface area contributed by atoms with Crippen LogP contribution >= 0.6 is 0 Å². The van der Waals surface area contributed by atoms with Crippen LogP contribution in [0.4, 0.5) is 13.2 Å². The van der Waals surface area contributed by atoms with E-state index >= 15 is 0 Å². The van der Waals surface area contributed by atoms with Crippen LogP contribution in [0.5, 0.6) is 0 Å². The minimum Gasteiger partial charge on any atom is -0.478 e. The first kappa shape index (κ1) is 10.5. The van der Waals surface area contributed by atoms with Gasteiger partial charge in [-0.05, 0) is 18.2 Å². The zero-order chi connectivity index (χ0) is 11.9. The van der Waals surface area contributed by atoms with Crippen molar-refractivity contribution in [1.82, 2.24) is 9.61 Å². The molecule has 7 heteroatoms. The average molecular weight is 230 g/mol. The van der Waals surface area contributed by atoms with Crippen molar-refractivity contribution in [2.45, 2.75) is 6.18 Å². The van der Waals surface area contributed by atoms with Gasteiger partial charge in [-0.3, -0.25) is 0 Å². The Bertz CT molecular complexity index is 559. The van der Waals surface area contributed by atoms with Crippen molar-refractivity contribution in [3.05, 3.63) is 35.7 Å². The van der Waals surface area contributed by atoms with Crippen molar-refractivity contribution >= 4 is 11.5 Å². The highest BCUT2D eigenvalue weighted by Gasteiger charge is 2.34. The van der Waals surface area contributed by atoms with Crippen molar-refractivity contribution in [2.24, 2.45) is 0 Å². The summed E-state index contributed by atoms with van der Waals surface area (Å²) in [6, 6.07) is 3.11. The fraction of sp³-hybridized carbons (Fsp3) is 0.111. The van der Waals surface area contributed by atoms with Gasteiger partial charge in [-0.25, -0.2) is 9.31 Å². The molecule has 16 heavy (non-hydrogen) atoms. The van der Waals surface area contributed by atoms with Gasteiger partial charge >= 0.3 is 12.1 Å². The Balaban J connectivity index is 2.59. The monoisotopic (exact) mass is 230 g/mol. The Kier molecular flexibility index (Phi) is 2.11. The highest BCUT2D eigenvalue weighted by molar-refractivity contribution is 5.88. The van der Waals surface area contributed by atoms with E-state index < -0.39 is 17.8 Å². The van der Waals surface area contributed by atoms with Gasteiger partial charge in [-0.1, -0.05) is 0 Å². The molecule has 84 valence electrons. The summed E-state index contributed by atoms with van der Waals surface area (Å²) in [5.74, 6) is -1.20. The zero-order valence-electron chi connectivity index (χ0n) is 7.69. The van der Waals surface area contributed by atoms with E-state index in [2.05, 4.69) is 5.10 Å². The number of aromatic nitrogens is 2. The largest absolute Gasteiger partial charge is 0.478 e. The molecule has 0 spiro atoms. The minimum atomic E-state index is -4.53. The summed E-state index contributed by atoms with van der Waals surface area (Å²) in [5, 5.41) is 11.9. The van der Waals surface area contributed by atoms with Gasteiger partial charge in [0, 0.05) is 6.20 Å². The lowest BCUT2D eigenvalue weighted by molar-refractivity contribution is -0.141. The van der Waals surface area contributed by atoms with Crippen LogP contribution in [0.2, 0.25) is 0 Å². The molecular weight excluding hydrogens is 225 g/mol. The van der Waals surface area contributed by atoms with E-state index in [0.29, 0.717) is 0 Å². The number of carboxylic acid groups (broad SMARTS) is 1. The maximum absolute atomic E-state index is 12.3. The second-order valence-corrected chi connectivity index (χ2v) is 3.12. The van der Waals surface area contributed by atoms with Gasteiger partial charge in [-0.15, -0.1) is 0 Å². The first-order valence-electron chi connectivity index (χ1n) is 4.18. The van der Waals surface area contributed by atoms with Crippen LogP contribution in [0.1, 0.15) is 16.1 Å². The second-order valence-electron chi connectivity index (χ2n) is 3.12. The lowest BCUT2D eigenvalue weighted by Crippen LogP contribution is -2.05. The quantitative estimate of drug-likeness (QED) is 0.815. The van der Waals surface area contributed by atoms with E-state index in [4.69, 9.17) is 5.11 Å². The second kappa shape index (κ2) is 3.22. The Hall–Kier alpha value is -2.05. The Morgan fingerprint density at radius 1 is 1.38 bits per heavy atom. The summed E-state index contributed by atoms with van der Waals surface area (Å²) in [6.07, 6.45) is -3.36. The number of hydrogen-bond donors (Lipinski definition) is 1. The normalized spacial score (nSPS) is 11.9. The van der Waals surface area contributed by atoms with E-state index in [1.165, 1.54) is 12.3 Å². The van der Waals surface area contributed by atoms with Crippen LogP contribution < -0.4 is 0 Å². The highest BCUT2D eigenvalue weighted by atomic mass is 19.4. The van der Waals surface area contributed by atoms with Crippen LogP contribution in [0, 0.1) is 0 Å². The number of nitrogens with zero attached hydrogens (tertiary/aromatic N) is 2. The molecule has 0 saturated carbocycles. The third kappa shape index (κ3) is 1.71. The summed E-state index contributed by atoms with van der Waals surface area (Å²) in [4.78, 5) is 10.6. The molecule has 0 atom stereocenters. The molecule has 0 radical (unpaired) electrons. The lowest BCUT2D eigenvalue weighted by Gasteiger charge is -1.98. The highest BCUT2D eigenvalue weighted by Crippen LogP contribution is 2.28. The number of fused-ring (bicyclic) bond motifs is 1. The van der Waals surface area contributed by atoms with E-state index in [-0.39, 0.29) is 11.1 Å². The van der Waals surface area contributed by atoms with Gasteiger partial charge in [-0.2, -0.15) is 18.3 Å². The summed E-state index contributed by atoms with van der Waals surface area (Å²) >= 11 is 0. The Morgan fingerprint density at radius 3 is 2.62 bits per heavy atom. The van der Waals surface area contributed by atoms with Gasteiger partial charge in [0.25, 0.3) is 0 Å². The zero-order valence-corrected chi connectivity index (χ0v) is 7.69. The topological polar surface area (TPSA) is 54.6 Å². The van der Waals surface area contributed by atoms with Crippen LogP contribution in [-0.4, -0.2) is 20.7 Å². The van der Waals surface area contributed by atoms with Crippen LogP contribution in [0.15, 0.2) is 24.4 Å². The molecule has 0 fully saturated rings. The molecule has 0 aliphatic heterocycles. The Labute approximate surface area is 86.9 Å². The molecule has 0 unspecified atom stereocenters. The van der Waals surface area contributed by atoms with Gasteiger partial charge in [0.05, 0.1) is 11.1 Å². The van der Waals surface area contributed by atoms with Crippen LogP contribution in [-0.2, 0) is 6.18 Å². The summed E-state index contributed by atoms with van der Waals surface area (Å²) in [6.45, 7) is 0. The molecule has 2 aromatic heterocycles. The predicted octanol–water partition coefficient (Wildman–Crippen LogP) is 2.05. The van der Waals surface area contributed by atoms with Crippen molar-refractivity contribution in [3.63, 3.8) is 0 Å². The lowest BCUT2D eigenvalue weighted by atomic mass is 10.2. The SMILES string of the molecule is O=C(O)c1ccn2nc(C(F)(F)F)cc2c1. The van der Waals surface area contributed by atoms with E-state index in [9.17, 15) is 18.0 Å². The number of alkyl halides is 3. The third-order valence-electron chi connectivity index (χ3n) is 2.00. The summed E-state index contributed by atoms with van der Waals surface area (Å²) in [5.41, 5.74) is -1.04. The van der Waals surface area contributed by atoms with Gasteiger partial charge in [0.2, 0.25) is 0 Å². The van der Waals surface area contributed by atoms with Crippen molar-refractivity contribution < 1.29 is 23.1 Å². The predicted molar refractivity (Wildman–Crippen MR) is 47.2 cm³/mol. The molecule has 0 aliphatic carbocycles. The van der Waals surface area contributed by atoms with E-state index in [1.54, 1.807) is 0 Å². The number of rotatable bonds is 1. The fourth-order valence-corrected chi connectivity index (χ4v) is 1.27. The smallest absolute Gasteiger partial charge is 0.435 e. The van der Waals surface area contributed by atoms with Gasteiger partial charge in [0.15, 0.2) is 5.69 Å². The standard InChI is InChI=1S/C9H5F3N2O2/c10-9(11,12)7-4-6-3-5(8(15)16)1-2-14(6)13-7/h1-4H,(H,15,16). The van der Waals surface area contributed by atoms with E-state index in [1.807, 2.05) is 0 Å². The number of aromatic carboxylic acids is 1. The number of halogens is 3. The molecule has 0 amide bonds. The first-order valence-corrected chi connectivity index (χ1v) is 4.18. The molecule has 4 nitrogen and oxygen atoms in total. The molecule has 0 aliphatic rings. The van der Waals surface area contributed by atoms with Crippen molar-refractivity contribution in [1.29, 1.82) is 0 Å². The maximum atomic E-state index is 12.3.